The number of pyridine rings is 1. The fourth-order valence-electron chi connectivity index (χ4n) is 2.93. The van der Waals surface area contributed by atoms with Gasteiger partial charge < -0.3 is 24.7 Å². The number of esters is 1. The molecule has 0 aliphatic rings. The first-order valence-electron chi connectivity index (χ1n) is 9.91. The molecule has 1 atom stereocenters. The number of rotatable bonds is 6. The number of methoxy groups -OCH3 is 1. The first-order chi connectivity index (χ1) is 15.2. The average Bonchev–Trinajstić information content (AvgIpc) is 2.68. The zero-order chi connectivity index (χ0) is 25.0. The van der Waals surface area contributed by atoms with Gasteiger partial charge in [0.2, 0.25) is 0 Å². The number of amides is 1. The average molecular weight is 469 g/mol. The van der Waals surface area contributed by atoms with Crippen molar-refractivity contribution in [3.8, 4) is 0 Å². The summed E-state index contributed by atoms with van der Waals surface area (Å²) < 4.78 is 51.1. The van der Waals surface area contributed by atoms with E-state index in [1.54, 1.807) is 32.9 Å². The molecule has 180 valence electrons. The van der Waals surface area contributed by atoms with Gasteiger partial charge in [0, 0.05) is 25.4 Å². The Morgan fingerprint density at radius 3 is 2.39 bits per heavy atom. The molecule has 1 amide bonds. The second-order valence-corrected chi connectivity index (χ2v) is 8.27. The van der Waals surface area contributed by atoms with Gasteiger partial charge in [-0.3, -0.25) is 4.79 Å². The minimum absolute atomic E-state index is 0.0274. The van der Waals surface area contributed by atoms with Gasteiger partial charge >= 0.3 is 18.2 Å². The normalized spacial score (nSPS) is 12.6. The molecule has 0 fully saturated rings. The number of anilines is 2. The lowest BCUT2D eigenvalue weighted by Crippen LogP contribution is -2.45. The summed E-state index contributed by atoms with van der Waals surface area (Å²) in [4.78, 5) is 36.6. The molecule has 1 aromatic heterocycles. The number of halogens is 3. The van der Waals surface area contributed by atoms with Crippen LogP contribution in [0, 0.1) is 0 Å². The quantitative estimate of drug-likeness (QED) is 0.626. The molecule has 0 aliphatic carbocycles. The Morgan fingerprint density at radius 1 is 1.15 bits per heavy atom. The van der Waals surface area contributed by atoms with Crippen LogP contribution in [-0.2, 0) is 33.9 Å². The lowest BCUT2D eigenvalue weighted by atomic mass is 10.0. The Hall–Kier alpha value is -3.50. The third-order valence-electron chi connectivity index (χ3n) is 4.39. The van der Waals surface area contributed by atoms with Gasteiger partial charge in [0.05, 0.1) is 12.7 Å². The van der Waals surface area contributed by atoms with E-state index < -0.39 is 46.7 Å². The first kappa shape index (κ1) is 25.8. The second-order valence-electron chi connectivity index (χ2n) is 8.27. The molecular formula is C22H26F3N3O5. The molecule has 2 aromatic rings. The topological polar surface area (TPSA) is 98.7 Å². The number of hydrogen-bond donors (Lipinski definition) is 2. The van der Waals surface area contributed by atoms with Gasteiger partial charge in [-0.25, -0.2) is 9.59 Å². The molecule has 1 aromatic carbocycles. The standard InChI is InChI=1S/C22H26F3N3O5/c1-21(2,3)33-20(31)27-16(19(30)32-5)12-13-7-6-8-14(11-13)26-17-15(22(23,24)25)9-10-28(4)18(17)29/h6-11,16,26H,12H2,1-5H3,(H,27,31)/t16-/m0/s1. The molecule has 11 heteroatoms. The van der Waals surface area contributed by atoms with Crippen molar-refractivity contribution in [3.63, 3.8) is 0 Å². The van der Waals surface area contributed by atoms with Crippen molar-refractivity contribution in [1.82, 2.24) is 9.88 Å². The van der Waals surface area contributed by atoms with Gasteiger partial charge in [0.25, 0.3) is 5.56 Å². The molecule has 0 spiro atoms. The van der Waals surface area contributed by atoms with E-state index in [9.17, 15) is 27.6 Å². The Morgan fingerprint density at radius 2 is 1.82 bits per heavy atom. The highest BCUT2D eigenvalue weighted by Gasteiger charge is 2.35. The Bertz CT molecular complexity index is 1070. The number of aryl methyl sites for hydroxylation is 1. The molecule has 0 saturated carbocycles. The van der Waals surface area contributed by atoms with Crippen molar-refractivity contribution >= 4 is 23.4 Å². The maximum absolute atomic E-state index is 13.4. The molecule has 33 heavy (non-hydrogen) atoms. The number of nitrogens with zero attached hydrogens (tertiary/aromatic N) is 1. The van der Waals surface area contributed by atoms with Crippen LogP contribution in [0.1, 0.15) is 31.9 Å². The maximum atomic E-state index is 13.4. The Labute approximate surface area is 188 Å². The summed E-state index contributed by atoms with van der Waals surface area (Å²) in [5, 5.41) is 4.96. The number of hydrogen-bond acceptors (Lipinski definition) is 6. The number of carbonyl (C=O) groups excluding carboxylic acids is 2. The van der Waals surface area contributed by atoms with E-state index in [0.29, 0.717) is 5.56 Å². The lowest BCUT2D eigenvalue weighted by Gasteiger charge is -2.22. The number of alkyl halides is 3. The van der Waals surface area contributed by atoms with E-state index in [0.717, 1.165) is 23.9 Å². The van der Waals surface area contributed by atoms with Gasteiger partial charge in [-0.05, 0) is 44.5 Å². The fourth-order valence-corrected chi connectivity index (χ4v) is 2.93. The van der Waals surface area contributed by atoms with E-state index >= 15 is 0 Å². The Kier molecular flexibility index (Phi) is 7.78. The minimum Gasteiger partial charge on any atom is -0.467 e. The van der Waals surface area contributed by atoms with Gasteiger partial charge in [-0.2, -0.15) is 13.2 Å². The van der Waals surface area contributed by atoms with Crippen molar-refractivity contribution in [1.29, 1.82) is 0 Å². The van der Waals surface area contributed by atoms with E-state index in [1.165, 1.54) is 19.2 Å². The number of alkyl carbamates (subject to hydrolysis) is 1. The number of carbonyl (C=O) groups is 2. The zero-order valence-electron chi connectivity index (χ0n) is 18.9. The van der Waals surface area contributed by atoms with Crippen LogP contribution in [0.2, 0.25) is 0 Å². The predicted molar refractivity (Wildman–Crippen MR) is 115 cm³/mol. The smallest absolute Gasteiger partial charge is 0.418 e. The molecule has 0 unspecified atom stereocenters. The van der Waals surface area contributed by atoms with Crippen LogP contribution in [0.25, 0.3) is 0 Å². The highest BCUT2D eigenvalue weighted by Crippen LogP contribution is 2.34. The number of benzene rings is 1. The number of aromatic nitrogens is 1. The molecule has 1 heterocycles. The van der Waals surface area contributed by atoms with Crippen LogP contribution in [-0.4, -0.2) is 35.4 Å². The summed E-state index contributed by atoms with van der Waals surface area (Å²) in [6, 6.07) is 5.82. The first-order valence-corrected chi connectivity index (χ1v) is 9.91. The van der Waals surface area contributed by atoms with Crippen LogP contribution in [0.5, 0.6) is 0 Å². The summed E-state index contributed by atoms with van der Waals surface area (Å²) in [5.74, 6) is -0.726. The highest BCUT2D eigenvalue weighted by atomic mass is 19.4. The van der Waals surface area contributed by atoms with Crippen LogP contribution in [0.4, 0.5) is 29.3 Å². The molecule has 0 aliphatic heterocycles. The molecule has 2 rings (SSSR count). The number of nitrogens with one attached hydrogen (secondary N) is 2. The van der Waals surface area contributed by atoms with Crippen LogP contribution >= 0.6 is 0 Å². The third-order valence-corrected chi connectivity index (χ3v) is 4.39. The van der Waals surface area contributed by atoms with Gasteiger partial charge in [0.15, 0.2) is 0 Å². The summed E-state index contributed by atoms with van der Waals surface area (Å²) in [5.41, 5.74) is -2.67. The van der Waals surface area contributed by atoms with Crippen molar-refractivity contribution in [2.24, 2.45) is 7.05 Å². The van der Waals surface area contributed by atoms with Gasteiger partial charge in [0.1, 0.15) is 17.3 Å². The van der Waals surface area contributed by atoms with Crippen molar-refractivity contribution in [2.75, 3.05) is 12.4 Å². The third kappa shape index (κ3) is 7.26. The summed E-state index contributed by atoms with van der Waals surface area (Å²) in [7, 11) is 2.50. The van der Waals surface area contributed by atoms with Gasteiger partial charge in [-0.15, -0.1) is 0 Å². The zero-order valence-corrected chi connectivity index (χ0v) is 18.9. The summed E-state index contributed by atoms with van der Waals surface area (Å²) >= 11 is 0. The monoisotopic (exact) mass is 469 g/mol. The molecule has 2 N–H and O–H groups in total. The number of ether oxygens (including phenoxy) is 2. The summed E-state index contributed by atoms with van der Waals surface area (Å²) in [6.45, 7) is 4.99. The summed E-state index contributed by atoms with van der Waals surface area (Å²) in [6.07, 6.45) is -4.55. The van der Waals surface area contributed by atoms with E-state index in [2.05, 4.69) is 10.6 Å². The minimum atomic E-state index is -4.74. The molecule has 0 radical (unpaired) electrons. The van der Waals surface area contributed by atoms with Gasteiger partial charge in [-0.1, -0.05) is 12.1 Å². The molecule has 8 nitrogen and oxygen atoms in total. The van der Waals surface area contributed by atoms with E-state index in [-0.39, 0.29) is 12.1 Å². The van der Waals surface area contributed by atoms with Crippen molar-refractivity contribution in [2.45, 2.75) is 45.0 Å². The Balaban J connectivity index is 2.30. The van der Waals surface area contributed by atoms with Crippen molar-refractivity contribution < 1.29 is 32.2 Å². The fraction of sp³-hybridized carbons (Fsp3) is 0.409. The van der Waals surface area contributed by atoms with Crippen LogP contribution < -0.4 is 16.2 Å². The van der Waals surface area contributed by atoms with Crippen LogP contribution in [0.15, 0.2) is 41.3 Å². The second kappa shape index (κ2) is 9.97. The predicted octanol–water partition coefficient (Wildman–Crippen LogP) is 3.76. The van der Waals surface area contributed by atoms with E-state index in [1.807, 2.05) is 0 Å². The van der Waals surface area contributed by atoms with E-state index in [4.69, 9.17) is 9.47 Å². The largest absolute Gasteiger partial charge is 0.467 e. The van der Waals surface area contributed by atoms with Crippen molar-refractivity contribution in [3.05, 3.63) is 58.0 Å². The molecular weight excluding hydrogens is 443 g/mol. The molecule has 0 saturated heterocycles. The highest BCUT2D eigenvalue weighted by molar-refractivity contribution is 5.81. The van der Waals surface area contributed by atoms with Crippen LogP contribution in [0.3, 0.4) is 0 Å². The maximum Gasteiger partial charge on any atom is 0.418 e. The molecule has 0 bridgehead atoms. The lowest BCUT2D eigenvalue weighted by molar-refractivity contribution is -0.143. The SMILES string of the molecule is COC(=O)[C@H](Cc1cccc(Nc2c(C(F)(F)F)ccn(C)c2=O)c1)NC(=O)OC(C)(C)C.